The van der Waals surface area contributed by atoms with E-state index in [9.17, 15) is 8.42 Å². The molecular formula is C13H23N3O2S2. The van der Waals surface area contributed by atoms with E-state index in [2.05, 4.69) is 34.4 Å². The summed E-state index contributed by atoms with van der Waals surface area (Å²) in [5, 5.41) is 6.42. The topological polar surface area (TPSA) is 62.3 Å². The van der Waals surface area contributed by atoms with Crippen LogP contribution in [0, 0.1) is 0 Å². The largest absolute Gasteiger partial charge is 0.343 e. The van der Waals surface area contributed by atoms with E-state index >= 15 is 0 Å². The number of hydrogen-bond acceptors (Lipinski definition) is 6. The molecule has 2 atom stereocenters. The predicted octanol–water partition coefficient (Wildman–Crippen LogP) is 1.83. The molecule has 0 radical (unpaired) electrons. The lowest BCUT2D eigenvalue weighted by molar-refractivity contribution is 0.556. The highest BCUT2D eigenvalue weighted by Crippen LogP contribution is 2.27. The van der Waals surface area contributed by atoms with Crippen molar-refractivity contribution in [2.24, 2.45) is 0 Å². The number of nitrogens with one attached hydrogen (secondary N) is 1. The quantitative estimate of drug-likeness (QED) is 0.897. The number of rotatable bonds is 5. The van der Waals surface area contributed by atoms with Gasteiger partial charge in [-0.25, -0.2) is 13.4 Å². The molecule has 1 saturated heterocycles. The maximum atomic E-state index is 11.6. The third kappa shape index (κ3) is 3.71. The fraction of sp³-hybridized carbons (Fsp3) is 0.769. The van der Waals surface area contributed by atoms with Gasteiger partial charge in [-0.3, -0.25) is 0 Å². The van der Waals surface area contributed by atoms with Crippen LogP contribution in [0.5, 0.6) is 0 Å². The van der Waals surface area contributed by atoms with Crippen LogP contribution in [-0.4, -0.2) is 44.0 Å². The predicted molar refractivity (Wildman–Crippen MR) is 84.3 cm³/mol. The van der Waals surface area contributed by atoms with E-state index in [0.29, 0.717) is 6.54 Å². The highest BCUT2D eigenvalue weighted by Gasteiger charge is 2.29. The van der Waals surface area contributed by atoms with Crippen LogP contribution in [0.4, 0.5) is 5.13 Å². The minimum Gasteiger partial charge on any atom is -0.343 e. The van der Waals surface area contributed by atoms with Crippen molar-refractivity contribution in [3.63, 3.8) is 0 Å². The van der Waals surface area contributed by atoms with Crippen LogP contribution in [0.15, 0.2) is 5.38 Å². The van der Waals surface area contributed by atoms with Crippen LogP contribution in [0.2, 0.25) is 0 Å². The lowest BCUT2D eigenvalue weighted by atomic mass is 10.2. The fourth-order valence-electron chi connectivity index (χ4n) is 2.36. The van der Waals surface area contributed by atoms with Crippen molar-refractivity contribution >= 4 is 26.3 Å². The Morgan fingerprint density at radius 1 is 1.60 bits per heavy atom. The molecule has 20 heavy (non-hydrogen) atoms. The van der Waals surface area contributed by atoms with Crippen LogP contribution >= 0.6 is 11.3 Å². The molecule has 1 aromatic rings. The van der Waals surface area contributed by atoms with Crippen LogP contribution in [0.1, 0.15) is 38.9 Å². The molecule has 1 fully saturated rings. The monoisotopic (exact) mass is 317 g/mol. The summed E-state index contributed by atoms with van der Waals surface area (Å²) >= 11 is 1.60. The number of nitrogens with zero attached hydrogens (tertiary/aromatic N) is 2. The molecule has 2 heterocycles. The van der Waals surface area contributed by atoms with E-state index in [1.165, 1.54) is 0 Å². The van der Waals surface area contributed by atoms with Gasteiger partial charge in [0.05, 0.1) is 17.2 Å². The second kappa shape index (κ2) is 6.41. The number of hydrogen-bond donors (Lipinski definition) is 1. The number of anilines is 1. The van der Waals surface area contributed by atoms with Gasteiger partial charge in [-0.05, 0) is 26.8 Å². The van der Waals surface area contributed by atoms with Gasteiger partial charge in [0.15, 0.2) is 15.0 Å². The molecule has 0 aliphatic carbocycles. The molecule has 0 aromatic carbocycles. The van der Waals surface area contributed by atoms with Crippen molar-refractivity contribution in [1.82, 2.24) is 10.3 Å². The molecule has 1 aliphatic heterocycles. The van der Waals surface area contributed by atoms with Gasteiger partial charge in [0.25, 0.3) is 0 Å². The van der Waals surface area contributed by atoms with Crippen LogP contribution in [0.25, 0.3) is 0 Å². The first-order valence-electron chi connectivity index (χ1n) is 7.09. The minimum atomic E-state index is -2.87. The van der Waals surface area contributed by atoms with E-state index < -0.39 is 9.84 Å². The summed E-state index contributed by atoms with van der Waals surface area (Å²) in [6.45, 7) is 7.73. The summed E-state index contributed by atoms with van der Waals surface area (Å²) in [5.41, 5.74) is 1.04. The van der Waals surface area contributed by atoms with Crippen LogP contribution in [0.3, 0.4) is 0 Å². The molecule has 0 amide bonds. The Morgan fingerprint density at radius 3 is 3.00 bits per heavy atom. The Balaban J connectivity index is 2.05. The van der Waals surface area contributed by atoms with E-state index in [4.69, 9.17) is 0 Å². The second-order valence-corrected chi connectivity index (χ2v) is 8.45. The SMILES string of the molecule is CCCNC(C)c1csc(N2CCS(=O)(=O)CC2C)n1. The highest BCUT2D eigenvalue weighted by molar-refractivity contribution is 7.91. The normalized spacial score (nSPS) is 23.8. The van der Waals surface area contributed by atoms with E-state index in [0.717, 1.165) is 23.8 Å². The van der Waals surface area contributed by atoms with Crippen molar-refractivity contribution in [3.05, 3.63) is 11.1 Å². The smallest absolute Gasteiger partial charge is 0.185 e. The molecule has 7 heteroatoms. The molecule has 5 nitrogen and oxygen atoms in total. The first-order valence-corrected chi connectivity index (χ1v) is 9.79. The maximum absolute atomic E-state index is 11.6. The summed E-state index contributed by atoms with van der Waals surface area (Å²) < 4.78 is 23.2. The average molecular weight is 317 g/mol. The second-order valence-electron chi connectivity index (χ2n) is 5.39. The van der Waals surface area contributed by atoms with Gasteiger partial charge < -0.3 is 10.2 Å². The summed E-state index contributed by atoms with van der Waals surface area (Å²) in [6, 6.07) is 0.246. The summed E-state index contributed by atoms with van der Waals surface area (Å²) in [6.07, 6.45) is 1.10. The van der Waals surface area contributed by atoms with Gasteiger partial charge in [-0.1, -0.05) is 6.92 Å². The molecule has 1 N–H and O–H groups in total. The number of aromatic nitrogens is 1. The first kappa shape index (κ1) is 15.7. The van der Waals surface area contributed by atoms with Crippen molar-refractivity contribution < 1.29 is 8.42 Å². The zero-order chi connectivity index (χ0) is 14.8. The van der Waals surface area contributed by atoms with Crippen molar-refractivity contribution in [2.75, 3.05) is 29.5 Å². The first-order chi connectivity index (χ1) is 9.43. The Bertz CT molecular complexity index is 542. The standard InChI is InChI=1S/C13H23N3O2S2/c1-4-5-14-11(3)12-8-19-13(15-12)16-6-7-20(17,18)9-10(16)2/h8,10-11,14H,4-7,9H2,1-3H3. The lowest BCUT2D eigenvalue weighted by Crippen LogP contribution is -2.47. The molecule has 0 spiro atoms. The van der Waals surface area contributed by atoms with Gasteiger partial charge in [0, 0.05) is 24.0 Å². The molecule has 114 valence electrons. The summed E-state index contributed by atoms with van der Waals surface area (Å²) in [7, 11) is -2.87. The van der Waals surface area contributed by atoms with Crippen molar-refractivity contribution in [3.8, 4) is 0 Å². The molecule has 1 aliphatic rings. The Morgan fingerprint density at radius 2 is 2.35 bits per heavy atom. The van der Waals surface area contributed by atoms with Crippen LogP contribution < -0.4 is 10.2 Å². The fourth-order valence-corrected chi connectivity index (χ4v) is 4.96. The number of thiazole rings is 1. The summed E-state index contributed by atoms with van der Waals surface area (Å²) in [4.78, 5) is 6.78. The third-order valence-corrected chi connectivity index (χ3v) is 6.26. The zero-order valence-electron chi connectivity index (χ0n) is 12.3. The van der Waals surface area contributed by atoms with Gasteiger partial charge in [-0.2, -0.15) is 0 Å². The molecule has 0 bridgehead atoms. The average Bonchev–Trinajstić information content (AvgIpc) is 2.84. The minimum absolute atomic E-state index is 0.00616. The Hall–Kier alpha value is -0.660. The van der Waals surface area contributed by atoms with E-state index in [1.807, 2.05) is 6.92 Å². The molecular weight excluding hydrogens is 294 g/mol. The molecule has 1 aromatic heterocycles. The van der Waals surface area contributed by atoms with Gasteiger partial charge in [0.2, 0.25) is 0 Å². The Kier molecular flexibility index (Phi) is 5.04. The zero-order valence-corrected chi connectivity index (χ0v) is 13.9. The van der Waals surface area contributed by atoms with E-state index in [-0.39, 0.29) is 23.6 Å². The highest BCUT2D eigenvalue weighted by atomic mass is 32.2. The van der Waals surface area contributed by atoms with Gasteiger partial charge in [-0.15, -0.1) is 11.3 Å². The van der Waals surface area contributed by atoms with E-state index in [1.54, 1.807) is 11.3 Å². The van der Waals surface area contributed by atoms with Gasteiger partial charge >= 0.3 is 0 Å². The number of sulfone groups is 1. The van der Waals surface area contributed by atoms with Crippen molar-refractivity contribution in [1.29, 1.82) is 0 Å². The Labute approximate surface area is 125 Å². The third-order valence-electron chi connectivity index (χ3n) is 3.57. The molecule has 2 rings (SSSR count). The van der Waals surface area contributed by atoms with Crippen molar-refractivity contribution in [2.45, 2.75) is 39.3 Å². The lowest BCUT2D eigenvalue weighted by Gasteiger charge is -2.32. The van der Waals surface area contributed by atoms with Crippen LogP contribution in [-0.2, 0) is 9.84 Å². The maximum Gasteiger partial charge on any atom is 0.185 e. The van der Waals surface area contributed by atoms with Gasteiger partial charge in [0.1, 0.15) is 0 Å². The molecule has 0 saturated carbocycles. The molecule has 2 unspecified atom stereocenters. The summed E-state index contributed by atoms with van der Waals surface area (Å²) in [5.74, 6) is 0.460.